The van der Waals surface area contributed by atoms with Crippen LogP contribution in [0.4, 0.5) is 5.69 Å². The highest BCUT2D eigenvalue weighted by Crippen LogP contribution is 2.20. The number of thiocarbonyl (C=S) groups is 1. The van der Waals surface area contributed by atoms with E-state index >= 15 is 0 Å². The zero-order valence-electron chi connectivity index (χ0n) is 11.7. The lowest BCUT2D eigenvalue weighted by Gasteiger charge is -2.12. The number of nitrogens with one attached hydrogen (secondary N) is 3. The maximum Gasteiger partial charge on any atom is 0.273 e. The van der Waals surface area contributed by atoms with Gasteiger partial charge in [-0.05, 0) is 55.0 Å². The van der Waals surface area contributed by atoms with Gasteiger partial charge in [-0.25, -0.2) is 0 Å². The van der Waals surface area contributed by atoms with Crippen LogP contribution in [-0.4, -0.2) is 16.1 Å². The van der Waals surface area contributed by atoms with Crippen LogP contribution in [0.25, 0.3) is 0 Å². The molecule has 0 saturated carbocycles. The van der Waals surface area contributed by atoms with E-state index < -0.39 is 5.91 Å². The number of aryl methyl sites for hydroxylation is 1. The van der Waals surface area contributed by atoms with Gasteiger partial charge in [0.2, 0.25) is 0 Å². The van der Waals surface area contributed by atoms with Gasteiger partial charge < -0.3 is 10.4 Å². The first-order valence-electron chi connectivity index (χ1n) is 6.38. The first-order valence-corrected chi connectivity index (χ1v) is 7.17. The molecule has 0 aliphatic carbocycles. The summed E-state index contributed by atoms with van der Waals surface area (Å²) in [6, 6.07) is 11.8. The van der Waals surface area contributed by atoms with E-state index in [4.69, 9.17) is 23.8 Å². The summed E-state index contributed by atoms with van der Waals surface area (Å²) in [5.74, 6) is -0.713. The number of aromatic hydroxyl groups is 1. The van der Waals surface area contributed by atoms with E-state index in [1.807, 2.05) is 31.2 Å². The van der Waals surface area contributed by atoms with E-state index in [0.717, 1.165) is 11.3 Å². The highest BCUT2D eigenvalue weighted by molar-refractivity contribution is 7.80. The second-order valence-corrected chi connectivity index (χ2v) is 5.41. The van der Waals surface area contributed by atoms with Gasteiger partial charge >= 0.3 is 0 Å². The van der Waals surface area contributed by atoms with E-state index in [9.17, 15) is 9.90 Å². The summed E-state index contributed by atoms with van der Waals surface area (Å²) in [7, 11) is 0. The lowest BCUT2D eigenvalue weighted by Crippen LogP contribution is -2.43. The number of hydrogen-bond donors (Lipinski definition) is 4. The van der Waals surface area contributed by atoms with Crippen LogP contribution in [0.2, 0.25) is 5.02 Å². The zero-order chi connectivity index (χ0) is 16.1. The van der Waals surface area contributed by atoms with Crippen molar-refractivity contribution in [3.05, 3.63) is 58.6 Å². The molecule has 2 aromatic carbocycles. The number of carbonyl (C=O) groups is 1. The highest BCUT2D eigenvalue weighted by Gasteiger charge is 2.11. The van der Waals surface area contributed by atoms with Crippen LogP contribution in [0.1, 0.15) is 15.9 Å². The molecule has 4 N–H and O–H groups in total. The predicted octanol–water partition coefficient (Wildman–Crippen LogP) is 2.99. The Morgan fingerprint density at radius 2 is 1.95 bits per heavy atom. The van der Waals surface area contributed by atoms with Crippen molar-refractivity contribution in [2.75, 3.05) is 5.32 Å². The van der Waals surface area contributed by atoms with Crippen molar-refractivity contribution in [1.82, 2.24) is 10.9 Å². The Morgan fingerprint density at radius 3 is 2.68 bits per heavy atom. The highest BCUT2D eigenvalue weighted by atomic mass is 35.5. The molecule has 0 unspecified atom stereocenters. The number of amides is 1. The van der Waals surface area contributed by atoms with Gasteiger partial charge in [0, 0.05) is 10.7 Å². The van der Waals surface area contributed by atoms with Crippen LogP contribution in [-0.2, 0) is 0 Å². The molecule has 0 fully saturated rings. The number of phenols is 1. The predicted molar refractivity (Wildman–Crippen MR) is 91.1 cm³/mol. The Hall–Kier alpha value is -2.31. The number of hydrogen-bond acceptors (Lipinski definition) is 3. The number of hydrazine groups is 1. The molecule has 0 heterocycles. The minimum atomic E-state index is -0.548. The molecule has 0 atom stereocenters. The second kappa shape index (κ2) is 7.11. The molecule has 0 aliphatic rings. The number of halogens is 1. The quantitative estimate of drug-likeness (QED) is 0.501. The molecule has 5 nitrogen and oxygen atoms in total. The normalized spacial score (nSPS) is 9.91. The average molecular weight is 336 g/mol. The average Bonchev–Trinajstić information content (AvgIpc) is 2.47. The maximum atomic E-state index is 11.9. The second-order valence-electron chi connectivity index (χ2n) is 4.56. The Bertz CT molecular complexity index is 722. The summed E-state index contributed by atoms with van der Waals surface area (Å²) < 4.78 is 0. The van der Waals surface area contributed by atoms with E-state index in [0.29, 0.717) is 5.02 Å². The fourth-order valence-corrected chi connectivity index (χ4v) is 2.10. The fourth-order valence-electron chi connectivity index (χ4n) is 1.76. The van der Waals surface area contributed by atoms with Gasteiger partial charge in [-0.1, -0.05) is 23.7 Å². The minimum Gasteiger partial charge on any atom is -0.507 e. The maximum absolute atomic E-state index is 11.9. The number of rotatable bonds is 2. The van der Waals surface area contributed by atoms with E-state index in [1.165, 1.54) is 18.2 Å². The Morgan fingerprint density at radius 1 is 1.18 bits per heavy atom. The summed E-state index contributed by atoms with van der Waals surface area (Å²) in [5.41, 5.74) is 6.89. The van der Waals surface area contributed by atoms with Gasteiger partial charge in [0.05, 0.1) is 5.56 Å². The monoisotopic (exact) mass is 335 g/mol. The summed E-state index contributed by atoms with van der Waals surface area (Å²) in [4.78, 5) is 11.9. The first kappa shape index (κ1) is 16.1. The first-order chi connectivity index (χ1) is 10.5. The van der Waals surface area contributed by atoms with Crippen molar-refractivity contribution in [2.24, 2.45) is 0 Å². The molecule has 7 heteroatoms. The van der Waals surface area contributed by atoms with E-state index in [-0.39, 0.29) is 16.4 Å². The zero-order valence-corrected chi connectivity index (χ0v) is 13.3. The third kappa shape index (κ3) is 4.34. The molecule has 0 radical (unpaired) electrons. The van der Waals surface area contributed by atoms with Gasteiger partial charge in [-0.15, -0.1) is 0 Å². The topological polar surface area (TPSA) is 73.4 Å². The minimum absolute atomic E-state index is 0.0540. The molecule has 0 bridgehead atoms. The van der Waals surface area contributed by atoms with Gasteiger partial charge in [0.1, 0.15) is 5.75 Å². The number of anilines is 1. The summed E-state index contributed by atoms with van der Waals surface area (Å²) in [6.45, 7) is 1.96. The van der Waals surface area contributed by atoms with Crippen LogP contribution in [0, 0.1) is 6.92 Å². The van der Waals surface area contributed by atoms with Crippen molar-refractivity contribution in [2.45, 2.75) is 6.92 Å². The molecule has 0 saturated heterocycles. The molecular weight excluding hydrogens is 322 g/mol. The molecule has 0 spiro atoms. The lowest BCUT2D eigenvalue weighted by atomic mass is 10.2. The fraction of sp³-hybridized carbons (Fsp3) is 0.0667. The molecule has 2 rings (SSSR count). The smallest absolute Gasteiger partial charge is 0.273 e. The molecule has 0 aliphatic heterocycles. The summed E-state index contributed by atoms with van der Waals surface area (Å²) in [6.07, 6.45) is 0. The molecule has 114 valence electrons. The largest absolute Gasteiger partial charge is 0.507 e. The molecular formula is C15H14ClN3O2S. The van der Waals surface area contributed by atoms with Gasteiger partial charge in [-0.3, -0.25) is 15.6 Å². The van der Waals surface area contributed by atoms with Gasteiger partial charge in [0.25, 0.3) is 5.91 Å². The van der Waals surface area contributed by atoms with Crippen molar-refractivity contribution >= 4 is 40.5 Å². The Labute approximate surface area is 138 Å². The molecule has 1 amide bonds. The number of phenolic OH excluding ortho intramolecular Hbond substituents is 1. The number of carbonyl (C=O) groups excluding carboxylic acids is 1. The van der Waals surface area contributed by atoms with Crippen molar-refractivity contribution in [3.63, 3.8) is 0 Å². The third-order valence-corrected chi connectivity index (χ3v) is 3.21. The van der Waals surface area contributed by atoms with Crippen molar-refractivity contribution < 1.29 is 9.90 Å². The van der Waals surface area contributed by atoms with E-state index in [1.54, 1.807) is 0 Å². The molecule has 0 aromatic heterocycles. The summed E-state index contributed by atoms with van der Waals surface area (Å²) >= 11 is 10.9. The summed E-state index contributed by atoms with van der Waals surface area (Å²) in [5, 5.41) is 13.1. The Kier molecular flexibility index (Phi) is 5.19. The van der Waals surface area contributed by atoms with Crippen LogP contribution >= 0.6 is 23.8 Å². The molecule has 2 aromatic rings. The van der Waals surface area contributed by atoms with Gasteiger partial charge in [0.15, 0.2) is 5.11 Å². The van der Waals surface area contributed by atoms with Crippen LogP contribution in [0.15, 0.2) is 42.5 Å². The Balaban J connectivity index is 1.93. The van der Waals surface area contributed by atoms with Crippen LogP contribution in [0.5, 0.6) is 5.75 Å². The van der Waals surface area contributed by atoms with Gasteiger partial charge in [-0.2, -0.15) is 0 Å². The number of benzene rings is 2. The van der Waals surface area contributed by atoms with Crippen LogP contribution < -0.4 is 16.2 Å². The van der Waals surface area contributed by atoms with E-state index in [2.05, 4.69) is 16.2 Å². The SMILES string of the molecule is Cc1cccc(NC(=S)NNC(=O)c2cc(Cl)ccc2O)c1. The molecule has 22 heavy (non-hydrogen) atoms. The van der Waals surface area contributed by atoms with Crippen molar-refractivity contribution in [3.8, 4) is 5.75 Å². The third-order valence-electron chi connectivity index (χ3n) is 2.77. The van der Waals surface area contributed by atoms with Crippen molar-refractivity contribution in [1.29, 1.82) is 0 Å². The lowest BCUT2D eigenvalue weighted by molar-refractivity contribution is 0.0941. The van der Waals surface area contributed by atoms with Crippen LogP contribution in [0.3, 0.4) is 0 Å². The standard InChI is InChI=1S/C15H14ClN3O2S/c1-9-3-2-4-11(7-9)17-15(22)19-18-14(21)12-8-10(16)5-6-13(12)20/h2-8,20H,1H3,(H,18,21)(H2,17,19,22).